The van der Waals surface area contributed by atoms with Gasteiger partial charge in [0.05, 0.1) is 11.1 Å². The molecule has 34 heavy (non-hydrogen) atoms. The molecule has 1 N–H and O–H groups in total. The number of benzene rings is 1. The van der Waals surface area contributed by atoms with Gasteiger partial charge in [-0.3, -0.25) is 4.79 Å². The number of halogens is 3. The Bertz CT molecular complexity index is 1220. The van der Waals surface area contributed by atoms with Crippen LogP contribution in [-0.4, -0.2) is 50.0 Å². The zero-order valence-corrected chi connectivity index (χ0v) is 19.6. The van der Waals surface area contributed by atoms with Crippen molar-refractivity contribution in [2.75, 3.05) is 25.4 Å². The van der Waals surface area contributed by atoms with Gasteiger partial charge in [-0.2, -0.15) is 13.2 Å². The first-order valence-electron chi connectivity index (χ1n) is 11.4. The summed E-state index contributed by atoms with van der Waals surface area (Å²) in [5, 5.41) is 9.20. The molecule has 10 heteroatoms. The Morgan fingerprint density at radius 2 is 2.00 bits per heavy atom. The van der Waals surface area contributed by atoms with Gasteiger partial charge in [0.25, 0.3) is 5.56 Å². The highest BCUT2D eigenvalue weighted by atomic mass is 32.2. The predicted molar refractivity (Wildman–Crippen MR) is 125 cm³/mol. The first-order valence-corrected chi connectivity index (χ1v) is 12.4. The molecule has 180 valence electrons. The molecule has 1 aliphatic heterocycles. The van der Waals surface area contributed by atoms with Crippen molar-refractivity contribution in [3.63, 3.8) is 0 Å². The second-order valence-electron chi connectivity index (χ2n) is 9.25. The van der Waals surface area contributed by atoms with Crippen LogP contribution in [-0.2, 0) is 13.2 Å². The van der Waals surface area contributed by atoms with Gasteiger partial charge in [-0.05, 0) is 73.5 Å². The zero-order valence-electron chi connectivity index (χ0n) is 18.8. The first-order chi connectivity index (χ1) is 16.3. The fourth-order valence-electron chi connectivity index (χ4n) is 5.07. The second-order valence-corrected chi connectivity index (χ2v) is 10.3. The third-order valence-electron chi connectivity index (χ3n) is 7.04. The maximum absolute atomic E-state index is 12.8. The quantitative estimate of drug-likeness (QED) is 0.390. The molecule has 1 saturated carbocycles. The maximum atomic E-state index is 12.8. The minimum Gasteiger partial charge on any atom is -0.328 e. The summed E-state index contributed by atoms with van der Waals surface area (Å²) in [5.74, 6) is 1.81. The molecule has 3 heterocycles. The molecule has 3 aromatic rings. The van der Waals surface area contributed by atoms with E-state index in [2.05, 4.69) is 20.1 Å². The van der Waals surface area contributed by atoms with Gasteiger partial charge in [-0.25, -0.2) is 0 Å². The highest BCUT2D eigenvalue weighted by molar-refractivity contribution is 7.99. The van der Waals surface area contributed by atoms with Crippen molar-refractivity contribution in [3.05, 3.63) is 64.1 Å². The lowest BCUT2D eigenvalue weighted by atomic mass is 9.97. The van der Waals surface area contributed by atoms with Crippen molar-refractivity contribution in [2.24, 2.45) is 12.5 Å². The number of pyridine rings is 1. The van der Waals surface area contributed by atoms with Crippen LogP contribution in [0.4, 0.5) is 13.2 Å². The van der Waals surface area contributed by atoms with E-state index in [0.29, 0.717) is 17.3 Å². The van der Waals surface area contributed by atoms with E-state index in [1.54, 1.807) is 42.2 Å². The van der Waals surface area contributed by atoms with Crippen molar-refractivity contribution in [1.29, 1.82) is 0 Å². The van der Waals surface area contributed by atoms with Crippen LogP contribution in [0.15, 0.2) is 52.5 Å². The first kappa shape index (κ1) is 23.2. The van der Waals surface area contributed by atoms with E-state index in [1.165, 1.54) is 12.1 Å². The monoisotopic (exact) mass is 489 g/mol. The lowest BCUT2D eigenvalue weighted by Gasteiger charge is -2.16. The molecule has 1 aliphatic carbocycles. The molecule has 0 bridgehead atoms. The lowest BCUT2D eigenvalue weighted by molar-refractivity contribution is -0.137. The van der Waals surface area contributed by atoms with E-state index >= 15 is 0 Å². The Balaban J connectivity index is 1.10. The number of rotatable bonds is 7. The van der Waals surface area contributed by atoms with Gasteiger partial charge in [-0.1, -0.05) is 23.9 Å². The maximum Gasteiger partial charge on any atom is 0.416 e. The van der Waals surface area contributed by atoms with Gasteiger partial charge in [-0.15, -0.1) is 10.2 Å². The number of aromatic nitrogens is 4. The van der Waals surface area contributed by atoms with Gasteiger partial charge in [0.15, 0.2) is 11.0 Å². The SMILES string of the molecule is Cn1c(SCCCN2CC[C@]3(C[C@@H]3c3ccc(C(F)(F)F)cc3)C2)nnc1-c1ccc[nH]c1=O. The Morgan fingerprint density at radius 1 is 1.21 bits per heavy atom. The summed E-state index contributed by atoms with van der Waals surface area (Å²) >= 11 is 1.63. The molecule has 2 atom stereocenters. The van der Waals surface area contributed by atoms with Gasteiger partial charge in [0.2, 0.25) is 0 Å². The van der Waals surface area contributed by atoms with Gasteiger partial charge >= 0.3 is 6.18 Å². The van der Waals surface area contributed by atoms with E-state index in [0.717, 1.165) is 55.4 Å². The average molecular weight is 490 g/mol. The summed E-state index contributed by atoms with van der Waals surface area (Å²) in [6.07, 6.45) is 0.467. The van der Waals surface area contributed by atoms with Crippen LogP contribution in [0.3, 0.4) is 0 Å². The predicted octanol–water partition coefficient (Wildman–Crippen LogP) is 4.55. The van der Waals surface area contributed by atoms with Crippen molar-refractivity contribution >= 4 is 11.8 Å². The van der Waals surface area contributed by atoms with E-state index in [-0.39, 0.29) is 11.0 Å². The summed E-state index contributed by atoms with van der Waals surface area (Å²) in [4.78, 5) is 17.1. The molecule has 5 rings (SSSR count). The second kappa shape index (κ2) is 8.88. The number of nitrogens with one attached hydrogen (secondary N) is 1. The molecule has 0 amide bonds. The molecule has 2 aromatic heterocycles. The highest BCUT2D eigenvalue weighted by Gasteiger charge is 2.57. The smallest absolute Gasteiger partial charge is 0.328 e. The van der Waals surface area contributed by atoms with E-state index in [9.17, 15) is 18.0 Å². The molecule has 2 aliphatic rings. The Hall–Kier alpha value is -2.59. The number of thioether (sulfide) groups is 1. The standard InChI is InChI=1S/C24H26F3N5OS/c1-31-20(18-4-2-10-28-21(18)33)29-30-22(31)34-13-3-11-32-12-9-23(15-32)14-19(23)16-5-7-17(8-6-16)24(25,26)27/h2,4-8,10,19H,3,9,11-15H2,1H3,(H,28,33)/t19-,23+/m1/s1. The Kier molecular flexibility index (Phi) is 6.05. The largest absolute Gasteiger partial charge is 0.416 e. The number of aromatic amines is 1. The number of likely N-dealkylation sites (tertiary alicyclic amines) is 1. The van der Waals surface area contributed by atoms with Crippen molar-refractivity contribution in [1.82, 2.24) is 24.6 Å². The van der Waals surface area contributed by atoms with Crippen LogP contribution in [0.5, 0.6) is 0 Å². The number of alkyl halides is 3. The summed E-state index contributed by atoms with van der Waals surface area (Å²) in [7, 11) is 1.86. The molecule has 6 nitrogen and oxygen atoms in total. The molecule has 1 spiro atoms. The highest BCUT2D eigenvalue weighted by Crippen LogP contribution is 2.64. The lowest BCUT2D eigenvalue weighted by Crippen LogP contribution is -2.23. The Labute approximate surface area is 199 Å². The van der Waals surface area contributed by atoms with Gasteiger partial charge in [0.1, 0.15) is 0 Å². The molecule has 1 aromatic carbocycles. The van der Waals surface area contributed by atoms with Crippen molar-refractivity contribution in [2.45, 2.75) is 36.5 Å². The number of hydrogen-bond donors (Lipinski definition) is 1. The topological polar surface area (TPSA) is 66.8 Å². The molecule has 0 radical (unpaired) electrons. The summed E-state index contributed by atoms with van der Waals surface area (Å²) in [6, 6.07) is 9.22. The van der Waals surface area contributed by atoms with Crippen LogP contribution in [0.2, 0.25) is 0 Å². The minimum atomic E-state index is -4.28. The van der Waals surface area contributed by atoms with Crippen molar-refractivity contribution in [3.8, 4) is 11.4 Å². The molecule has 1 saturated heterocycles. The van der Waals surface area contributed by atoms with Crippen molar-refractivity contribution < 1.29 is 13.2 Å². The molecular weight excluding hydrogens is 463 g/mol. The van der Waals surface area contributed by atoms with Crippen LogP contribution in [0.1, 0.15) is 36.3 Å². The van der Waals surface area contributed by atoms with E-state index < -0.39 is 11.7 Å². The molecule has 2 fully saturated rings. The van der Waals surface area contributed by atoms with E-state index in [4.69, 9.17) is 0 Å². The Morgan fingerprint density at radius 3 is 2.74 bits per heavy atom. The van der Waals surface area contributed by atoms with Crippen LogP contribution < -0.4 is 5.56 Å². The van der Waals surface area contributed by atoms with Gasteiger partial charge < -0.3 is 14.5 Å². The van der Waals surface area contributed by atoms with E-state index in [1.807, 2.05) is 11.6 Å². The van der Waals surface area contributed by atoms with Gasteiger partial charge in [0, 0.05) is 25.5 Å². The fourth-order valence-corrected chi connectivity index (χ4v) is 5.91. The minimum absolute atomic E-state index is 0.188. The fraction of sp³-hybridized carbons (Fsp3) is 0.458. The molecule has 0 unspecified atom stereocenters. The average Bonchev–Trinajstić information content (AvgIpc) is 3.16. The summed E-state index contributed by atoms with van der Waals surface area (Å²) in [6.45, 7) is 3.03. The summed E-state index contributed by atoms with van der Waals surface area (Å²) in [5.41, 5.74) is 0.988. The zero-order chi connectivity index (χ0) is 23.9. The number of hydrogen-bond acceptors (Lipinski definition) is 5. The number of H-pyrrole nitrogens is 1. The molecular formula is C24H26F3N5OS. The normalized spacial score (nSPS) is 22.5. The van der Waals surface area contributed by atoms with Crippen LogP contribution in [0.25, 0.3) is 11.4 Å². The third-order valence-corrected chi connectivity index (χ3v) is 8.14. The summed E-state index contributed by atoms with van der Waals surface area (Å²) < 4.78 is 40.3. The van der Waals surface area contributed by atoms with Crippen LogP contribution >= 0.6 is 11.8 Å². The third kappa shape index (κ3) is 4.53. The van der Waals surface area contributed by atoms with Crippen LogP contribution in [0, 0.1) is 5.41 Å². The number of nitrogens with zero attached hydrogens (tertiary/aromatic N) is 4.